The molecule has 0 bridgehead atoms. The number of amides is 2. The minimum Gasteiger partial charge on any atom is -0.464 e. The molecule has 10 nitrogen and oxygen atoms in total. The van der Waals surface area contributed by atoms with E-state index in [-0.39, 0.29) is 29.2 Å². The Bertz CT molecular complexity index is 984. The van der Waals surface area contributed by atoms with Crippen LogP contribution in [0.4, 0.5) is 0 Å². The third kappa shape index (κ3) is 4.52. The number of likely N-dealkylation sites (tertiary alicyclic amines) is 1. The minimum absolute atomic E-state index is 0.120. The summed E-state index contributed by atoms with van der Waals surface area (Å²) in [5.74, 6) is -1.61. The van der Waals surface area contributed by atoms with Gasteiger partial charge in [-0.1, -0.05) is 0 Å². The third-order valence-corrected chi connectivity index (χ3v) is 5.00. The standard InChI is InChI=1S/C21H22N4O6/c1-4-25(19(27)14-6-8-17(23-10-14)21(29)31-3)15-11-24(12-15)18(26)13-5-7-16(22-9-13)20(28)30-2/h5-10,15H,4,11-12H2,1-3H3. The molecule has 10 heteroatoms. The predicted molar refractivity (Wildman–Crippen MR) is 108 cm³/mol. The van der Waals surface area contributed by atoms with Gasteiger partial charge in [0.1, 0.15) is 11.4 Å². The smallest absolute Gasteiger partial charge is 0.356 e. The van der Waals surface area contributed by atoms with Crippen molar-refractivity contribution in [1.29, 1.82) is 0 Å². The fraction of sp³-hybridized carbons (Fsp3) is 0.333. The summed E-state index contributed by atoms with van der Waals surface area (Å²) < 4.78 is 9.19. The largest absolute Gasteiger partial charge is 0.464 e. The predicted octanol–water partition coefficient (Wildman–Crippen LogP) is 1.04. The van der Waals surface area contributed by atoms with Crippen LogP contribution in [-0.4, -0.2) is 83.4 Å². The highest BCUT2D eigenvalue weighted by Gasteiger charge is 2.37. The molecule has 0 aliphatic carbocycles. The highest BCUT2D eigenvalue weighted by atomic mass is 16.5. The second-order valence-electron chi connectivity index (χ2n) is 6.80. The van der Waals surface area contributed by atoms with Crippen molar-refractivity contribution < 1.29 is 28.7 Å². The van der Waals surface area contributed by atoms with Crippen LogP contribution in [-0.2, 0) is 9.47 Å². The lowest BCUT2D eigenvalue weighted by Crippen LogP contribution is -2.62. The molecule has 1 aliphatic heterocycles. The van der Waals surface area contributed by atoms with Gasteiger partial charge in [0.15, 0.2) is 0 Å². The zero-order chi connectivity index (χ0) is 22.5. The molecular weight excluding hydrogens is 404 g/mol. The molecule has 1 fully saturated rings. The summed E-state index contributed by atoms with van der Waals surface area (Å²) in [7, 11) is 2.52. The summed E-state index contributed by atoms with van der Waals surface area (Å²) in [5.41, 5.74) is 0.939. The lowest BCUT2D eigenvalue weighted by molar-refractivity contribution is 0.0244. The normalized spacial score (nSPS) is 13.2. The molecule has 1 aliphatic rings. The summed E-state index contributed by atoms with van der Waals surface area (Å²) in [4.78, 5) is 59.6. The molecule has 0 aromatic carbocycles. The van der Waals surface area contributed by atoms with Gasteiger partial charge in [0.2, 0.25) is 0 Å². The van der Waals surface area contributed by atoms with Crippen LogP contribution in [0.2, 0.25) is 0 Å². The van der Waals surface area contributed by atoms with Gasteiger partial charge in [0.05, 0.1) is 31.4 Å². The minimum atomic E-state index is -0.575. The van der Waals surface area contributed by atoms with E-state index in [0.717, 1.165) is 0 Å². The summed E-state index contributed by atoms with van der Waals surface area (Å²) in [6, 6.07) is 5.79. The van der Waals surface area contributed by atoms with Gasteiger partial charge in [-0.2, -0.15) is 0 Å². The molecule has 2 amide bonds. The van der Waals surface area contributed by atoms with Gasteiger partial charge in [-0.3, -0.25) is 9.59 Å². The molecule has 0 unspecified atom stereocenters. The third-order valence-electron chi connectivity index (χ3n) is 5.00. The molecule has 2 aromatic heterocycles. The summed E-state index contributed by atoms with van der Waals surface area (Å²) in [6.45, 7) is 3.07. The van der Waals surface area contributed by atoms with Crippen molar-refractivity contribution in [1.82, 2.24) is 19.8 Å². The van der Waals surface area contributed by atoms with Crippen LogP contribution in [0.15, 0.2) is 36.7 Å². The Kier molecular flexibility index (Phi) is 6.58. The number of carbonyl (C=O) groups is 4. The highest BCUT2D eigenvalue weighted by molar-refractivity contribution is 5.97. The molecule has 0 atom stereocenters. The molecule has 3 heterocycles. The van der Waals surface area contributed by atoms with Crippen LogP contribution in [0.25, 0.3) is 0 Å². The van der Waals surface area contributed by atoms with Crippen LogP contribution in [0.5, 0.6) is 0 Å². The second-order valence-corrected chi connectivity index (χ2v) is 6.80. The average Bonchev–Trinajstić information content (AvgIpc) is 2.79. The lowest BCUT2D eigenvalue weighted by atomic mass is 10.0. The molecule has 2 aromatic rings. The maximum Gasteiger partial charge on any atom is 0.356 e. The van der Waals surface area contributed by atoms with Crippen molar-refractivity contribution in [3.63, 3.8) is 0 Å². The number of carbonyl (C=O) groups excluding carboxylic acids is 4. The van der Waals surface area contributed by atoms with Crippen molar-refractivity contribution in [3.8, 4) is 0 Å². The van der Waals surface area contributed by atoms with E-state index in [4.69, 9.17) is 0 Å². The Morgan fingerprint density at radius 3 is 1.87 bits per heavy atom. The second kappa shape index (κ2) is 9.33. The van der Waals surface area contributed by atoms with Gasteiger partial charge in [0, 0.05) is 32.0 Å². The van der Waals surface area contributed by atoms with Gasteiger partial charge in [-0.05, 0) is 31.2 Å². The van der Waals surface area contributed by atoms with E-state index in [9.17, 15) is 19.2 Å². The van der Waals surface area contributed by atoms with Crippen molar-refractivity contribution in [2.45, 2.75) is 13.0 Å². The molecule has 162 valence electrons. The highest BCUT2D eigenvalue weighted by Crippen LogP contribution is 2.20. The first kappa shape index (κ1) is 21.9. The van der Waals surface area contributed by atoms with Crippen LogP contribution in [0, 0.1) is 0 Å². The van der Waals surface area contributed by atoms with Crippen molar-refractivity contribution in [2.75, 3.05) is 33.9 Å². The molecule has 0 spiro atoms. The van der Waals surface area contributed by atoms with E-state index in [0.29, 0.717) is 30.8 Å². The quantitative estimate of drug-likeness (QED) is 0.629. The van der Waals surface area contributed by atoms with Crippen molar-refractivity contribution in [3.05, 3.63) is 59.2 Å². The number of rotatable bonds is 6. The number of methoxy groups -OCH3 is 2. The van der Waals surface area contributed by atoms with E-state index in [2.05, 4.69) is 19.4 Å². The van der Waals surface area contributed by atoms with Crippen LogP contribution in [0.3, 0.4) is 0 Å². The van der Waals surface area contributed by atoms with Gasteiger partial charge in [0.25, 0.3) is 11.8 Å². The van der Waals surface area contributed by atoms with E-state index < -0.39 is 11.9 Å². The Labute approximate surface area is 178 Å². The Morgan fingerprint density at radius 1 is 0.935 bits per heavy atom. The summed E-state index contributed by atoms with van der Waals surface area (Å²) in [5, 5.41) is 0. The summed E-state index contributed by atoms with van der Waals surface area (Å²) in [6.07, 6.45) is 2.67. The van der Waals surface area contributed by atoms with E-state index in [1.54, 1.807) is 9.80 Å². The number of aromatic nitrogens is 2. The first-order valence-electron chi connectivity index (χ1n) is 9.58. The lowest BCUT2D eigenvalue weighted by Gasteiger charge is -2.45. The number of ether oxygens (including phenoxy) is 2. The van der Waals surface area contributed by atoms with E-state index in [1.807, 2.05) is 6.92 Å². The van der Waals surface area contributed by atoms with Crippen LogP contribution >= 0.6 is 0 Å². The maximum absolute atomic E-state index is 12.8. The van der Waals surface area contributed by atoms with E-state index in [1.165, 1.54) is 50.9 Å². The van der Waals surface area contributed by atoms with Gasteiger partial charge in [-0.15, -0.1) is 0 Å². The molecular formula is C21H22N4O6. The maximum atomic E-state index is 12.8. The first-order chi connectivity index (χ1) is 14.9. The number of hydrogen-bond donors (Lipinski definition) is 0. The molecule has 3 rings (SSSR count). The number of nitrogens with zero attached hydrogens (tertiary/aromatic N) is 4. The van der Waals surface area contributed by atoms with Crippen molar-refractivity contribution in [2.24, 2.45) is 0 Å². The first-order valence-corrected chi connectivity index (χ1v) is 9.58. The van der Waals surface area contributed by atoms with Crippen LogP contribution < -0.4 is 0 Å². The van der Waals surface area contributed by atoms with Gasteiger partial charge < -0.3 is 19.3 Å². The van der Waals surface area contributed by atoms with Crippen LogP contribution in [0.1, 0.15) is 48.6 Å². The van der Waals surface area contributed by atoms with E-state index >= 15 is 0 Å². The molecule has 0 radical (unpaired) electrons. The number of esters is 2. The SMILES string of the molecule is CCN(C(=O)c1ccc(C(=O)OC)nc1)C1CN(C(=O)c2ccc(C(=O)OC)nc2)C1. The Morgan fingerprint density at radius 2 is 1.45 bits per heavy atom. The average molecular weight is 426 g/mol. The summed E-state index contributed by atoms with van der Waals surface area (Å²) >= 11 is 0. The zero-order valence-corrected chi connectivity index (χ0v) is 17.4. The molecule has 0 saturated carbocycles. The monoisotopic (exact) mass is 426 g/mol. The van der Waals surface area contributed by atoms with Gasteiger partial charge in [-0.25, -0.2) is 19.6 Å². The van der Waals surface area contributed by atoms with Crippen molar-refractivity contribution >= 4 is 23.8 Å². The molecule has 31 heavy (non-hydrogen) atoms. The fourth-order valence-electron chi connectivity index (χ4n) is 3.23. The molecule has 0 N–H and O–H groups in total. The number of likely N-dealkylation sites (N-methyl/N-ethyl adjacent to an activating group) is 1. The zero-order valence-electron chi connectivity index (χ0n) is 17.4. The van der Waals surface area contributed by atoms with Gasteiger partial charge >= 0.3 is 11.9 Å². The topological polar surface area (TPSA) is 119 Å². The Balaban J connectivity index is 1.61. The fourth-order valence-corrected chi connectivity index (χ4v) is 3.23. The number of pyridine rings is 2. The molecule has 1 saturated heterocycles. The number of hydrogen-bond acceptors (Lipinski definition) is 8. The Hall–Kier alpha value is -3.82.